The molecule has 0 radical (unpaired) electrons. The summed E-state index contributed by atoms with van der Waals surface area (Å²) in [5.41, 5.74) is 1.06. The Labute approximate surface area is 173 Å². The molecule has 1 amide bonds. The fourth-order valence-corrected chi connectivity index (χ4v) is 3.20. The second-order valence-electron chi connectivity index (χ2n) is 6.65. The van der Waals surface area contributed by atoms with Gasteiger partial charge in [0.15, 0.2) is 0 Å². The van der Waals surface area contributed by atoms with Gasteiger partial charge in [-0.25, -0.2) is 13.8 Å². The van der Waals surface area contributed by atoms with Gasteiger partial charge in [0.1, 0.15) is 29.5 Å². The Morgan fingerprint density at radius 3 is 2.93 bits per heavy atom. The number of alkyl halides is 2. The van der Waals surface area contributed by atoms with E-state index in [1.54, 1.807) is 43.5 Å². The Morgan fingerprint density at radius 1 is 1.43 bits per heavy atom. The number of hydrogen-bond donors (Lipinski definition) is 1. The zero-order chi connectivity index (χ0) is 21.7. The second kappa shape index (κ2) is 9.35. The van der Waals surface area contributed by atoms with Gasteiger partial charge in [0.2, 0.25) is 0 Å². The number of carbonyl (C=O) groups excluding carboxylic acids is 1. The number of allylic oxidation sites excluding steroid dienone is 3. The van der Waals surface area contributed by atoms with Crippen LogP contribution in [0.25, 0.3) is 0 Å². The highest BCUT2D eigenvalue weighted by Gasteiger charge is 2.31. The number of carbonyl (C=O) groups is 1. The molecule has 0 fully saturated rings. The molecular formula is C23H22F2N2O3. The molecule has 0 spiro atoms. The first-order valence-corrected chi connectivity index (χ1v) is 9.44. The van der Waals surface area contributed by atoms with Crippen LogP contribution in [0.3, 0.4) is 0 Å². The summed E-state index contributed by atoms with van der Waals surface area (Å²) in [6.07, 6.45) is 6.23. The maximum Gasteiger partial charge on any atom is 0.267 e. The van der Waals surface area contributed by atoms with Crippen molar-refractivity contribution in [3.63, 3.8) is 0 Å². The number of phenols is 1. The van der Waals surface area contributed by atoms with E-state index in [4.69, 9.17) is 4.74 Å². The third-order valence-electron chi connectivity index (χ3n) is 4.75. The molecule has 5 nitrogen and oxygen atoms in total. The molecule has 0 atom stereocenters. The third-order valence-corrected chi connectivity index (χ3v) is 4.75. The Bertz CT molecular complexity index is 1020. The van der Waals surface area contributed by atoms with E-state index in [1.807, 2.05) is 6.07 Å². The summed E-state index contributed by atoms with van der Waals surface area (Å²) >= 11 is 0. The van der Waals surface area contributed by atoms with Crippen LogP contribution in [0.5, 0.6) is 11.5 Å². The monoisotopic (exact) mass is 412 g/mol. The van der Waals surface area contributed by atoms with E-state index in [1.165, 1.54) is 4.90 Å². The van der Waals surface area contributed by atoms with Gasteiger partial charge in [-0.1, -0.05) is 36.9 Å². The maximum atomic E-state index is 13.3. The number of rotatable bonds is 7. The molecule has 2 heterocycles. The number of hydrogen-bond acceptors (Lipinski definition) is 4. The predicted octanol–water partition coefficient (Wildman–Crippen LogP) is 5.00. The van der Waals surface area contributed by atoms with E-state index >= 15 is 0 Å². The normalized spacial score (nSPS) is 13.7. The van der Waals surface area contributed by atoms with Crippen molar-refractivity contribution >= 4 is 11.7 Å². The minimum Gasteiger partial charge on any atom is -0.507 e. The molecule has 2 aromatic rings. The van der Waals surface area contributed by atoms with Gasteiger partial charge in [-0.05, 0) is 42.7 Å². The molecule has 1 aromatic heterocycles. The van der Waals surface area contributed by atoms with Crippen molar-refractivity contribution < 1.29 is 23.4 Å². The van der Waals surface area contributed by atoms with Gasteiger partial charge < -0.3 is 9.84 Å². The molecule has 1 N–H and O–H groups in total. The average molecular weight is 412 g/mol. The van der Waals surface area contributed by atoms with Crippen molar-refractivity contribution in [3.8, 4) is 11.5 Å². The van der Waals surface area contributed by atoms with Crippen molar-refractivity contribution in [2.75, 3.05) is 18.1 Å². The van der Waals surface area contributed by atoms with E-state index in [2.05, 4.69) is 11.6 Å². The molecule has 7 heteroatoms. The van der Waals surface area contributed by atoms with Crippen LogP contribution in [0.2, 0.25) is 0 Å². The molecule has 0 saturated carbocycles. The van der Waals surface area contributed by atoms with E-state index in [0.717, 1.165) is 23.3 Å². The maximum absolute atomic E-state index is 13.3. The molecular weight excluding hydrogens is 390 g/mol. The molecule has 3 rings (SSSR count). The summed E-state index contributed by atoms with van der Waals surface area (Å²) < 4.78 is 32.3. The quantitative estimate of drug-likeness (QED) is 0.651. The van der Waals surface area contributed by atoms with Crippen molar-refractivity contribution in [2.45, 2.75) is 19.8 Å². The lowest BCUT2D eigenvalue weighted by atomic mass is 10.1. The van der Waals surface area contributed by atoms with Crippen LogP contribution >= 0.6 is 0 Å². The van der Waals surface area contributed by atoms with Gasteiger partial charge in [0.25, 0.3) is 12.3 Å². The number of nitrogens with zero attached hydrogens (tertiary/aromatic N) is 2. The van der Waals surface area contributed by atoms with Crippen molar-refractivity contribution in [3.05, 3.63) is 83.6 Å². The highest BCUT2D eigenvalue weighted by atomic mass is 19.3. The number of pyridine rings is 1. The van der Waals surface area contributed by atoms with E-state index in [0.29, 0.717) is 18.8 Å². The summed E-state index contributed by atoms with van der Waals surface area (Å²) in [5.74, 6) is -0.717. The minimum atomic E-state index is -2.82. The summed E-state index contributed by atoms with van der Waals surface area (Å²) in [4.78, 5) is 18.9. The Kier molecular flexibility index (Phi) is 6.61. The van der Waals surface area contributed by atoms with Crippen molar-refractivity contribution in [2.24, 2.45) is 0 Å². The number of anilines is 1. The zero-order valence-corrected chi connectivity index (χ0v) is 16.5. The van der Waals surface area contributed by atoms with Crippen LogP contribution < -0.4 is 9.64 Å². The smallest absolute Gasteiger partial charge is 0.267 e. The van der Waals surface area contributed by atoms with E-state index < -0.39 is 23.6 Å². The van der Waals surface area contributed by atoms with Crippen LogP contribution in [-0.2, 0) is 6.42 Å². The van der Waals surface area contributed by atoms with Gasteiger partial charge >= 0.3 is 0 Å². The summed E-state index contributed by atoms with van der Waals surface area (Å²) in [7, 11) is 0. The molecule has 1 aliphatic rings. The van der Waals surface area contributed by atoms with Gasteiger partial charge in [-0.2, -0.15) is 0 Å². The molecule has 30 heavy (non-hydrogen) atoms. The van der Waals surface area contributed by atoms with Crippen LogP contribution in [-0.4, -0.2) is 29.1 Å². The molecule has 0 aliphatic carbocycles. The fourth-order valence-electron chi connectivity index (χ4n) is 3.20. The van der Waals surface area contributed by atoms with Gasteiger partial charge in [0, 0.05) is 18.3 Å². The molecule has 1 aromatic carbocycles. The first kappa shape index (κ1) is 21.2. The van der Waals surface area contributed by atoms with E-state index in [-0.39, 0.29) is 17.9 Å². The lowest BCUT2D eigenvalue weighted by Crippen LogP contribution is -2.30. The lowest BCUT2D eigenvalue weighted by Gasteiger charge is -2.20. The summed E-state index contributed by atoms with van der Waals surface area (Å²) in [6.45, 7) is 5.81. The van der Waals surface area contributed by atoms with Crippen LogP contribution in [0.4, 0.5) is 14.6 Å². The SMILES string of the molecule is C=C/C=C\C(=C/C)COc1cc(C(F)F)cc(O)c1C(=O)N1CCc2cccnc21. The Morgan fingerprint density at radius 2 is 2.23 bits per heavy atom. The predicted molar refractivity (Wildman–Crippen MR) is 111 cm³/mol. The summed E-state index contributed by atoms with van der Waals surface area (Å²) in [5, 5.41) is 10.4. The Balaban J connectivity index is 1.98. The third kappa shape index (κ3) is 4.40. The van der Waals surface area contributed by atoms with Crippen LogP contribution in [0, 0.1) is 0 Å². The van der Waals surface area contributed by atoms with Crippen LogP contribution in [0.1, 0.15) is 34.8 Å². The highest BCUT2D eigenvalue weighted by molar-refractivity contribution is 6.10. The summed E-state index contributed by atoms with van der Waals surface area (Å²) in [6, 6.07) is 5.65. The van der Waals surface area contributed by atoms with Crippen molar-refractivity contribution in [1.82, 2.24) is 4.98 Å². The molecule has 0 bridgehead atoms. The van der Waals surface area contributed by atoms with Crippen LogP contribution in [0.15, 0.2) is 66.9 Å². The Hall–Kier alpha value is -3.48. The zero-order valence-electron chi connectivity index (χ0n) is 16.5. The lowest BCUT2D eigenvalue weighted by molar-refractivity contribution is 0.0981. The molecule has 0 saturated heterocycles. The number of ether oxygens (including phenoxy) is 1. The average Bonchev–Trinajstić information content (AvgIpc) is 3.17. The first-order chi connectivity index (χ1) is 14.5. The number of aromatic hydroxyl groups is 1. The second-order valence-corrected chi connectivity index (χ2v) is 6.65. The molecule has 0 unspecified atom stereocenters. The van der Waals surface area contributed by atoms with Gasteiger partial charge in [-0.15, -0.1) is 0 Å². The number of phenolic OH excluding ortho intramolecular Hbond substituents is 1. The molecule has 156 valence electrons. The number of fused-ring (bicyclic) bond motifs is 1. The van der Waals surface area contributed by atoms with E-state index in [9.17, 15) is 18.7 Å². The molecule has 1 aliphatic heterocycles. The number of amides is 1. The largest absolute Gasteiger partial charge is 0.507 e. The van der Waals surface area contributed by atoms with Gasteiger partial charge in [-0.3, -0.25) is 9.69 Å². The fraction of sp³-hybridized carbons (Fsp3) is 0.217. The standard InChI is InChI=1S/C23H22F2N2O3/c1-3-5-7-15(4-2)14-30-19-13-17(21(24)25)12-18(28)20(19)23(29)27-11-9-16-8-6-10-26-22(16)27/h3-8,10,12-13,21,28H,1,9,11,14H2,2H3/b7-5-,15-4+. The minimum absolute atomic E-state index is 0.0298. The van der Waals surface area contributed by atoms with Gasteiger partial charge in [0.05, 0.1) is 0 Å². The topological polar surface area (TPSA) is 62.7 Å². The highest BCUT2D eigenvalue weighted by Crippen LogP contribution is 2.37. The number of aromatic nitrogens is 1. The number of benzene rings is 1. The van der Waals surface area contributed by atoms with Crippen molar-refractivity contribution in [1.29, 1.82) is 0 Å². The number of halogens is 2. The first-order valence-electron chi connectivity index (χ1n) is 9.44.